The molecule has 1 aromatic heterocycles. The number of hydrogen-bond donors (Lipinski definition) is 1. The number of aromatic nitrogens is 2. The van der Waals surface area contributed by atoms with Gasteiger partial charge in [-0.3, -0.25) is 0 Å². The van der Waals surface area contributed by atoms with Crippen LogP contribution in [0.1, 0.15) is 11.4 Å². The highest BCUT2D eigenvalue weighted by Crippen LogP contribution is 2.32. The quantitative estimate of drug-likeness (QED) is 0.858. The van der Waals surface area contributed by atoms with Gasteiger partial charge in [0, 0.05) is 13.1 Å². The van der Waals surface area contributed by atoms with Crippen molar-refractivity contribution in [3.8, 4) is 11.3 Å². The first kappa shape index (κ1) is 15.1. The van der Waals surface area contributed by atoms with Crippen molar-refractivity contribution in [3.63, 3.8) is 0 Å². The van der Waals surface area contributed by atoms with E-state index in [2.05, 4.69) is 15.3 Å². The molecule has 0 radical (unpaired) electrons. The highest BCUT2D eigenvalue weighted by molar-refractivity contribution is 5.65. The van der Waals surface area contributed by atoms with Gasteiger partial charge in [-0.2, -0.15) is 13.2 Å². The third-order valence-corrected chi connectivity index (χ3v) is 2.78. The molecule has 0 saturated heterocycles. The molecule has 0 aliphatic carbocycles. The van der Waals surface area contributed by atoms with E-state index in [9.17, 15) is 22.0 Å². The fourth-order valence-electron chi connectivity index (χ4n) is 1.72. The van der Waals surface area contributed by atoms with E-state index >= 15 is 0 Å². The van der Waals surface area contributed by atoms with Crippen molar-refractivity contribution in [2.75, 3.05) is 12.4 Å². The third-order valence-electron chi connectivity index (χ3n) is 2.78. The zero-order valence-electron chi connectivity index (χ0n) is 11.0. The summed E-state index contributed by atoms with van der Waals surface area (Å²) in [5.41, 5.74) is -0.982. The molecule has 1 aromatic carbocycles. The van der Waals surface area contributed by atoms with Gasteiger partial charge >= 0.3 is 6.18 Å². The molecular weight excluding hydrogens is 293 g/mol. The van der Waals surface area contributed by atoms with Crippen molar-refractivity contribution in [1.29, 1.82) is 0 Å². The maximum absolute atomic E-state index is 14.0. The number of benzene rings is 1. The highest BCUT2D eigenvalue weighted by Gasteiger charge is 2.36. The molecule has 0 aliphatic rings. The Morgan fingerprint density at radius 3 is 2.33 bits per heavy atom. The molecule has 8 heteroatoms. The first-order valence-corrected chi connectivity index (χ1v) is 5.83. The predicted octanol–water partition coefficient (Wildman–Crippen LogP) is 3.79. The Morgan fingerprint density at radius 2 is 1.76 bits per heavy atom. The Bertz CT molecular complexity index is 682. The third kappa shape index (κ3) is 2.93. The minimum absolute atomic E-state index is 0.101. The number of nitrogens with one attached hydrogen (secondary N) is 1. The summed E-state index contributed by atoms with van der Waals surface area (Å²) < 4.78 is 66.0. The largest absolute Gasteiger partial charge is 0.451 e. The molecule has 3 nitrogen and oxygen atoms in total. The van der Waals surface area contributed by atoms with Crippen molar-refractivity contribution < 1.29 is 22.0 Å². The summed E-state index contributed by atoms with van der Waals surface area (Å²) in [6.45, 7) is 1.38. The minimum Gasteiger partial charge on any atom is -0.373 e. The van der Waals surface area contributed by atoms with Gasteiger partial charge in [-0.15, -0.1) is 0 Å². The summed E-state index contributed by atoms with van der Waals surface area (Å²) in [4.78, 5) is 6.47. The first-order chi connectivity index (χ1) is 9.74. The molecular formula is C13H10F5N3. The lowest BCUT2D eigenvalue weighted by Crippen LogP contribution is -2.13. The van der Waals surface area contributed by atoms with Crippen molar-refractivity contribution >= 4 is 5.82 Å². The van der Waals surface area contributed by atoms with Crippen LogP contribution in [-0.2, 0) is 6.18 Å². The van der Waals surface area contributed by atoms with E-state index in [0.29, 0.717) is 0 Å². The Balaban J connectivity index is 2.73. The van der Waals surface area contributed by atoms with Gasteiger partial charge in [-0.1, -0.05) is 6.07 Å². The van der Waals surface area contributed by atoms with Gasteiger partial charge in [0.15, 0.2) is 0 Å². The molecule has 0 unspecified atom stereocenters. The number of aryl methyl sites for hydroxylation is 1. The van der Waals surface area contributed by atoms with Crippen molar-refractivity contribution in [2.24, 2.45) is 0 Å². The zero-order chi connectivity index (χ0) is 15.8. The lowest BCUT2D eigenvalue weighted by molar-refractivity contribution is -0.144. The second-order valence-corrected chi connectivity index (χ2v) is 4.26. The molecule has 0 atom stereocenters. The smallest absolute Gasteiger partial charge is 0.373 e. The molecule has 1 heterocycles. The van der Waals surface area contributed by atoms with Gasteiger partial charge in [-0.25, -0.2) is 18.7 Å². The number of halogens is 5. The standard InChI is InChI=1S/C13H10F5N3/c1-6-3-4-7(14)10(11(6)15)8-5-9(19-2)21-12(20-8)13(16,17)18/h3-5H,1-2H3,(H,19,20,21). The second-order valence-electron chi connectivity index (χ2n) is 4.26. The van der Waals surface area contributed by atoms with Gasteiger partial charge < -0.3 is 5.32 Å². The fraction of sp³-hybridized carbons (Fsp3) is 0.231. The summed E-state index contributed by atoms with van der Waals surface area (Å²) in [6, 6.07) is 3.22. The van der Waals surface area contributed by atoms with Crippen LogP contribution in [-0.4, -0.2) is 17.0 Å². The van der Waals surface area contributed by atoms with Crippen LogP contribution in [0, 0.1) is 18.6 Å². The summed E-state index contributed by atoms with van der Waals surface area (Å²) in [6.07, 6.45) is -4.82. The fourth-order valence-corrected chi connectivity index (χ4v) is 1.72. The van der Waals surface area contributed by atoms with Crippen LogP contribution < -0.4 is 5.32 Å². The van der Waals surface area contributed by atoms with E-state index in [1.807, 2.05) is 0 Å². The number of nitrogens with zero attached hydrogens (tertiary/aromatic N) is 2. The van der Waals surface area contributed by atoms with Crippen LogP contribution in [0.5, 0.6) is 0 Å². The van der Waals surface area contributed by atoms with Crippen LogP contribution in [0.15, 0.2) is 18.2 Å². The number of alkyl halides is 3. The van der Waals surface area contributed by atoms with Crippen LogP contribution in [0.25, 0.3) is 11.3 Å². The highest BCUT2D eigenvalue weighted by atomic mass is 19.4. The van der Waals surface area contributed by atoms with E-state index in [1.165, 1.54) is 20.0 Å². The normalized spacial score (nSPS) is 11.6. The van der Waals surface area contributed by atoms with Crippen LogP contribution in [0.3, 0.4) is 0 Å². The van der Waals surface area contributed by atoms with Crippen molar-refractivity contribution in [2.45, 2.75) is 13.1 Å². The Kier molecular flexibility index (Phi) is 3.80. The lowest BCUT2D eigenvalue weighted by Gasteiger charge is -2.12. The number of hydrogen-bond acceptors (Lipinski definition) is 3. The van der Waals surface area contributed by atoms with Crippen molar-refractivity contribution in [1.82, 2.24) is 9.97 Å². The molecule has 2 rings (SSSR count). The monoisotopic (exact) mass is 303 g/mol. The molecule has 0 amide bonds. The maximum Gasteiger partial charge on any atom is 0.451 e. The van der Waals surface area contributed by atoms with E-state index in [1.54, 1.807) is 0 Å². The lowest BCUT2D eigenvalue weighted by atomic mass is 10.1. The summed E-state index contributed by atoms with van der Waals surface area (Å²) in [5, 5.41) is 2.41. The molecule has 0 aliphatic heterocycles. The van der Waals surface area contributed by atoms with E-state index in [0.717, 1.165) is 12.1 Å². The predicted molar refractivity (Wildman–Crippen MR) is 66.7 cm³/mol. The molecule has 1 N–H and O–H groups in total. The van der Waals surface area contributed by atoms with Gasteiger partial charge in [0.05, 0.1) is 11.3 Å². The molecule has 112 valence electrons. The molecule has 0 fully saturated rings. The molecule has 21 heavy (non-hydrogen) atoms. The Hall–Kier alpha value is -2.25. The van der Waals surface area contributed by atoms with E-state index in [-0.39, 0.29) is 11.4 Å². The van der Waals surface area contributed by atoms with Gasteiger partial charge in [-0.05, 0) is 18.6 Å². The number of anilines is 1. The maximum atomic E-state index is 14.0. The summed E-state index contributed by atoms with van der Waals surface area (Å²) >= 11 is 0. The van der Waals surface area contributed by atoms with Crippen LogP contribution in [0.2, 0.25) is 0 Å². The topological polar surface area (TPSA) is 37.8 Å². The SMILES string of the molecule is CNc1cc(-c2c(F)ccc(C)c2F)nc(C(F)(F)F)n1. The van der Waals surface area contributed by atoms with E-state index < -0.39 is 34.9 Å². The summed E-state index contributed by atoms with van der Waals surface area (Å²) in [5.74, 6) is -3.60. The zero-order valence-corrected chi connectivity index (χ0v) is 11.0. The average molecular weight is 303 g/mol. The van der Waals surface area contributed by atoms with Gasteiger partial charge in [0.25, 0.3) is 0 Å². The van der Waals surface area contributed by atoms with E-state index in [4.69, 9.17) is 0 Å². The van der Waals surface area contributed by atoms with Crippen LogP contribution >= 0.6 is 0 Å². The number of rotatable bonds is 2. The van der Waals surface area contributed by atoms with Crippen LogP contribution in [0.4, 0.5) is 27.8 Å². The van der Waals surface area contributed by atoms with Crippen molar-refractivity contribution in [3.05, 3.63) is 41.2 Å². The molecule has 2 aromatic rings. The minimum atomic E-state index is -4.82. The second kappa shape index (κ2) is 5.27. The Morgan fingerprint density at radius 1 is 1.10 bits per heavy atom. The molecule has 0 bridgehead atoms. The van der Waals surface area contributed by atoms with Gasteiger partial charge in [0.2, 0.25) is 5.82 Å². The molecule has 0 spiro atoms. The first-order valence-electron chi connectivity index (χ1n) is 5.83. The molecule has 0 saturated carbocycles. The summed E-state index contributed by atoms with van der Waals surface area (Å²) in [7, 11) is 1.34. The van der Waals surface area contributed by atoms with Gasteiger partial charge in [0.1, 0.15) is 17.5 Å². The Labute approximate surface area is 116 Å². The average Bonchev–Trinajstić information content (AvgIpc) is 2.42.